The first-order valence-electron chi connectivity index (χ1n) is 4.51. The van der Waals surface area contributed by atoms with Gasteiger partial charge < -0.3 is 4.98 Å². The Hall–Kier alpha value is -1.90. The number of rotatable bonds is 0. The molecular weight excluding hydrogens is 176 g/mol. The quantitative estimate of drug-likeness (QED) is 0.573. The van der Waals surface area contributed by atoms with E-state index in [1.54, 1.807) is 0 Å². The van der Waals surface area contributed by atoms with Gasteiger partial charge in [0.25, 0.3) is 5.56 Å². The number of nitrogens with one attached hydrogen (secondary N) is 1. The first-order chi connectivity index (χ1) is 6.86. The zero-order valence-electron chi connectivity index (χ0n) is 7.45. The summed E-state index contributed by atoms with van der Waals surface area (Å²) >= 11 is 0. The van der Waals surface area contributed by atoms with E-state index >= 15 is 0 Å². The molecule has 0 spiro atoms. The van der Waals surface area contributed by atoms with Crippen LogP contribution >= 0.6 is 0 Å². The van der Waals surface area contributed by atoms with Gasteiger partial charge in [0.05, 0.1) is 12.0 Å². The van der Waals surface area contributed by atoms with Crippen LogP contribution in [0.1, 0.15) is 11.1 Å². The Bertz CT molecular complexity index is 557. The summed E-state index contributed by atoms with van der Waals surface area (Å²) in [5.74, 6) is 0. The number of aromatic amines is 1. The Morgan fingerprint density at radius 2 is 2.14 bits per heavy atom. The predicted octanol–water partition coefficient (Wildman–Crippen LogP) is 1.34. The smallest absolute Gasteiger partial charge is 0.254 e. The lowest BCUT2D eigenvalue weighted by atomic mass is 10.1. The molecule has 14 heavy (non-hydrogen) atoms. The molecule has 2 aromatic rings. The van der Waals surface area contributed by atoms with Crippen molar-refractivity contribution in [1.29, 1.82) is 0 Å². The van der Waals surface area contributed by atoms with E-state index in [4.69, 9.17) is 0 Å². The van der Waals surface area contributed by atoms with Crippen molar-refractivity contribution >= 4 is 0 Å². The lowest BCUT2D eigenvalue weighted by molar-refractivity contribution is 1.07. The van der Waals surface area contributed by atoms with Gasteiger partial charge in [0, 0.05) is 17.5 Å². The molecule has 0 fully saturated rings. The average molecular weight is 184 g/mol. The van der Waals surface area contributed by atoms with Gasteiger partial charge in [-0.25, -0.2) is 4.98 Å². The SMILES string of the molecule is O=c1[nH]cnc2c1Cc1ccccc1-2. The second-order valence-corrected chi connectivity index (χ2v) is 3.39. The Labute approximate surface area is 80.4 Å². The molecule has 1 N–H and O–H groups in total. The lowest BCUT2D eigenvalue weighted by Crippen LogP contribution is -2.11. The summed E-state index contributed by atoms with van der Waals surface area (Å²) in [6.07, 6.45) is 2.16. The van der Waals surface area contributed by atoms with Gasteiger partial charge in [-0.05, 0) is 5.56 Å². The number of benzene rings is 1. The number of aromatic nitrogens is 2. The number of hydrogen-bond acceptors (Lipinski definition) is 2. The molecule has 0 amide bonds. The van der Waals surface area contributed by atoms with Crippen LogP contribution in [0.5, 0.6) is 0 Å². The lowest BCUT2D eigenvalue weighted by Gasteiger charge is -1.96. The number of nitrogens with zero attached hydrogens (tertiary/aromatic N) is 1. The van der Waals surface area contributed by atoms with Crippen LogP contribution in [0, 0.1) is 0 Å². The van der Waals surface area contributed by atoms with Gasteiger partial charge in [0.1, 0.15) is 0 Å². The molecule has 0 atom stereocenters. The van der Waals surface area contributed by atoms with Crippen LogP contribution in [0.3, 0.4) is 0 Å². The number of hydrogen-bond donors (Lipinski definition) is 1. The fraction of sp³-hybridized carbons (Fsp3) is 0.0909. The Kier molecular flexibility index (Phi) is 1.36. The Morgan fingerprint density at radius 1 is 1.29 bits per heavy atom. The third-order valence-corrected chi connectivity index (χ3v) is 2.59. The first-order valence-corrected chi connectivity index (χ1v) is 4.51. The van der Waals surface area contributed by atoms with Crippen LogP contribution < -0.4 is 5.56 Å². The summed E-state index contributed by atoms with van der Waals surface area (Å²) < 4.78 is 0. The molecule has 3 heteroatoms. The maximum absolute atomic E-state index is 11.5. The number of fused-ring (bicyclic) bond motifs is 3. The summed E-state index contributed by atoms with van der Waals surface area (Å²) in [6, 6.07) is 8.00. The minimum atomic E-state index is -0.0220. The highest BCUT2D eigenvalue weighted by atomic mass is 16.1. The van der Waals surface area contributed by atoms with Crippen molar-refractivity contribution in [3.8, 4) is 11.3 Å². The summed E-state index contributed by atoms with van der Waals surface area (Å²) in [7, 11) is 0. The zero-order valence-corrected chi connectivity index (χ0v) is 7.45. The van der Waals surface area contributed by atoms with Gasteiger partial charge in [-0.2, -0.15) is 0 Å². The zero-order chi connectivity index (χ0) is 9.54. The maximum atomic E-state index is 11.5. The van der Waals surface area contributed by atoms with Gasteiger partial charge in [-0.3, -0.25) is 4.79 Å². The summed E-state index contributed by atoms with van der Waals surface area (Å²) in [6.45, 7) is 0. The monoisotopic (exact) mass is 184 g/mol. The van der Waals surface area contributed by atoms with Crippen molar-refractivity contribution in [2.45, 2.75) is 6.42 Å². The molecule has 0 saturated heterocycles. The second-order valence-electron chi connectivity index (χ2n) is 3.39. The van der Waals surface area contributed by atoms with Crippen LogP contribution in [-0.2, 0) is 6.42 Å². The number of H-pyrrole nitrogens is 1. The van der Waals surface area contributed by atoms with E-state index in [1.165, 1.54) is 11.9 Å². The molecule has 3 nitrogen and oxygen atoms in total. The van der Waals surface area contributed by atoms with Crippen LogP contribution in [0.15, 0.2) is 35.4 Å². The summed E-state index contributed by atoms with van der Waals surface area (Å²) in [5.41, 5.74) is 3.88. The maximum Gasteiger partial charge on any atom is 0.254 e. The van der Waals surface area contributed by atoms with E-state index < -0.39 is 0 Å². The van der Waals surface area contributed by atoms with Crippen molar-refractivity contribution < 1.29 is 0 Å². The van der Waals surface area contributed by atoms with E-state index in [-0.39, 0.29) is 5.56 Å². The van der Waals surface area contributed by atoms with Crippen LogP contribution in [0.25, 0.3) is 11.3 Å². The largest absolute Gasteiger partial charge is 0.313 e. The molecule has 1 aromatic carbocycles. The first kappa shape index (κ1) is 7.50. The summed E-state index contributed by atoms with van der Waals surface area (Å²) in [5, 5.41) is 0. The molecule has 0 radical (unpaired) electrons. The van der Waals surface area contributed by atoms with E-state index in [0.717, 1.165) is 16.8 Å². The predicted molar refractivity (Wildman–Crippen MR) is 53.1 cm³/mol. The Morgan fingerprint density at radius 3 is 3.07 bits per heavy atom. The third-order valence-electron chi connectivity index (χ3n) is 2.59. The molecule has 0 aliphatic heterocycles. The van der Waals surface area contributed by atoms with Crippen molar-refractivity contribution in [3.05, 3.63) is 52.1 Å². The molecule has 1 aliphatic carbocycles. The second kappa shape index (κ2) is 2.54. The topological polar surface area (TPSA) is 45.8 Å². The third kappa shape index (κ3) is 0.865. The Balaban J connectivity index is 2.38. The van der Waals surface area contributed by atoms with E-state index in [9.17, 15) is 4.79 Å². The average Bonchev–Trinajstić information content (AvgIpc) is 2.59. The van der Waals surface area contributed by atoms with Crippen molar-refractivity contribution in [2.75, 3.05) is 0 Å². The fourth-order valence-corrected chi connectivity index (χ4v) is 1.92. The minimum Gasteiger partial charge on any atom is -0.313 e. The van der Waals surface area contributed by atoms with Crippen LogP contribution in [0.2, 0.25) is 0 Å². The molecule has 0 saturated carbocycles. The molecule has 68 valence electrons. The van der Waals surface area contributed by atoms with Crippen molar-refractivity contribution in [3.63, 3.8) is 0 Å². The van der Waals surface area contributed by atoms with Gasteiger partial charge >= 0.3 is 0 Å². The van der Waals surface area contributed by atoms with Gasteiger partial charge in [0.2, 0.25) is 0 Å². The van der Waals surface area contributed by atoms with E-state index in [2.05, 4.69) is 9.97 Å². The highest BCUT2D eigenvalue weighted by molar-refractivity contribution is 5.72. The molecule has 1 aliphatic rings. The molecule has 3 rings (SSSR count). The molecule has 1 aromatic heterocycles. The van der Waals surface area contributed by atoms with Crippen LogP contribution in [0.4, 0.5) is 0 Å². The highest BCUT2D eigenvalue weighted by Crippen LogP contribution is 2.31. The molecule has 1 heterocycles. The van der Waals surface area contributed by atoms with Crippen LogP contribution in [-0.4, -0.2) is 9.97 Å². The molecular formula is C11H8N2O. The van der Waals surface area contributed by atoms with E-state index in [1.807, 2.05) is 24.3 Å². The fourth-order valence-electron chi connectivity index (χ4n) is 1.92. The minimum absolute atomic E-state index is 0.0220. The van der Waals surface area contributed by atoms with E-state index in [0.29, 0.717) is 6.42 Å². The van der Waals surface area contributed by atoms with Crippen molar-refractivity contribution in [2.24, 2.45) is 0 Å². The standard InChI is InChI=1S/C11H8N2O/c14-11-9-5-7-3-1-2-4-8(7)10(9)12-6-13-11/h1-4,6H,5H2,(H,12,13,14). The molecule has 0 unspecified atom stereocenters. The summed E-state index contributed by atoms with van der Waals surface area (Å²) in [4.78, 5) is 18.3. The normalized spacial score (nSPS) is 12.3. The highest BCUT2D eigenvalue weighted by Gasteiger charge is 2.21. The van der Waals surface area contributed by atoms with Gasteiger partial charge in [0.15, 0.2) is 0 Å². The van der Waals surface area contributed by atoms with Gasteiger partial charge in [-0.15, -0.1) is 0 Å². The van der Waals surface area contributed by atoms with Gasteiger partial charge in [-0.1, -0.05) is 24.3 Å². The molecule has 0 bridgehead atoms. The van der Waals surface area contributed by atoms with Crippen molar-refractivity contribution in [1.82, 2.24) is 9.97 Å².